The van der Waals surface area contributed by atoms with Crippen LogP contribution in [0.1, 0.15) is 34.9 Å². The molecule has 2 heterocycles. The van der Waals surface area contributed by atoms with Gasteiger partial charge in [-0.05, 0) is 43.6 Å². The number of anilines is 2. The van der Waals surface area contributed by atoms with Crippen LogP contribution in [0.2, 0.25) is 0 Å². The normalized spacial score (nSPS) is 14.5. The minimum atomic E-state index is -0.245. The fraction of sp³-hybridized carbons (Fsp3) is 0.318. The Balaban J connectivity index is 1.47. The first-order valence-electron chi connectivity index (χ1n) is 9.99. The lowest BCUT2D eigenvalue weighted by molar-refractivity contribution is 0.102. The summed E-state index contributed by atoms with van der Waals surface area (Å²) in [5.74, 6) is -0.245. The molecule has 1 fully saturated rings. The molecular formula is C22H26N6O. The van der Waals surface area contributed by atoms with Gasteiger partial charge in [0.05, 0.1) is 23.6 Å². The maximum Gasteiger partial charge on any atom is 0.277 e. The van der Waals surface area contributed by atoms with Gasteiger partial charge in [0, 0.05) is 13.6 Å². The second-order valence-corrected chi connectivity index (χ2v) is 7.38. The first-order chi connectivity index (χ1) is 14.2. The number of carbonyl (C=O) groups excluding carboxylic acids is 1. The van der Waals surface area contributed by atoms with Crippen LogP contribution < -0.4 is 15.5 Å². The molecule has 0 aliphatic carbocycles. The van der Waals surface area contributed by atoms with E-state index in [2.05, 4.69) is 38.0 Å². The lowest BCUT2D eigenvalue weighted by atomic mass is 10.1. The van der Waals surface area contributed by atoms with Crippen LogP contribution in [0.25, 0.3) is 0 Å². The van der Waals surface area contributed by atoms with Crippen LogP contribution in [-0.2, 0) is 6.54 Å². The molecule has 0 saturated carbocycles. The maximum absolute atomic E-state index is 12.8. The van der Waals surface area contributed by atoms with Crippen molar-refractivity contribution in [2.24, 2.45) is 0 Å². The molecular weight excluding hydrogens is 364 g/mol. The Morgan fingerprint density at radius 2 is 1.86 bits per heavy atom. The molecule has 29 heavy (non-hydrogen) atoms. The Kier molecular flexibility index (Phi) is 5.86. The first-order valence-corrected chi connectivity index (χ1v) is 9.99. The first kappa shape index (κ1) is 19.1. The van der Waals surface area contributed by atoms with Gasteiger partial charge in [0.1, 0.15) is 0 Å². The van der Waals surface area contributed by atoms with Crippen molar-refractivity contribution in [2.75, 3.05) is 30.4 Å². The standard InChI is InChI=1S/C22H26N6O/c1-27(15-17-7-3-2-4-8-17)21-10-6-5-9-19(21)24-22(29)20-16-28(26-25-20)18-11-13-23-14-12-18/h2-10,16,18,23H,11-15H2,1H3,(H,24,29). The van der Waals surface area contributed by atoms with Crippen molar-refractivity contribution in [3.05, 3.63) is 72.1 Å². The summed E-state index contributed by atoms with van der Waals surface area (Å²) in [6, 6.07) is 18.4. The molecule has 3 aromatic rings. The third-order valence-electron chi connectivity index (χ3n) is 5.25. The predicted octanol–water partition coefficient (Wildman–Crippen LogP) is 3.09. The molecule has 1 aliphatic heterocycles. The third kappa shape index (κ3) is 4.63. The van der Waals surface area contributed by atoms with Gasteiger partial charge in [-0.2, -0.15) is 0 Å². The quantitative estimate of drug-likeness (QED) is 0.677. The number of benzene rings is 2. The van der Waals surface area contributed by atoms with Crippen molar-refractivity contribution in [1.29, 1.82) is 0 Å². The van der Waals surface area contributed by atoms with Crippen molar-refractivity contribution < 1.29 is 4.79 Å². The molecule has 150 valence electrons. The number of hydrogen-bond donors (Lipinski definition) is 2. The Morgan fingerprint density at radius 3 is 2.66 bits per heavy atom. The molecule has 2 N–H and O–H groups in total. The van der Waals surface area contributed by atoms with Gasteiger partial charge in [0.2, 0.25) is 0 Å². The smallest absolute Gasteiger partial charge is 0.277 e. The molecule has 0 spiro atoms. The molecule has 0 atom stereocenters. The van der Waals surface area contributed by atoms with Crippen LogP contribution in [0.4, 0.5) is 11.4 Å². The molecule has 0 unspecified atom stereocenters. The topological polar surface area (TPSA) is 75.1 Å². The monoisotopic (exact) mass is 390 g/mol. The van der Waals surface area contributed by atoms with Crippen LogP contribution >= 0.6 is 0 Å². The van der Waals surface area contributed by atoms with E-state index in [1.54, 1.807) is 6.20 Å². The summed E-state index contributed by atoms with van der Waals surface area (Å²) in [5, 5.41) is 14.6. The molecule has 0 bridgehead atoms. The zero-order chi connectivity index (χ0) is 20.1. The van der Waals surface area contributed by atoms with Crippen LogP contribution in [-0.4, -0.2) is 41.0 Å². The number of amides is 1. The molecule has 7 nitrogen and oxygen atoms in total. The molecule has 7 heteroatoms. The largest absolute Gasteiger partial charge is 0.369 e. The van der Waals surface area contributed by atoms with Gasteiger partial charge < -0.3 is 15.5 Å². The Hall–Kier alpha value is -3.19. The molecule has 2 aromatic carbocycles. The minimum Gasteiger partial charge on any atom is -0.369 e. The lowest BCUT2D eigenvalue weighted by Crippen LogP contribution is -2.29. The van der Waals surface area contributed by atoms with Crippen LogP contribution in [0.15, 0.2) is 60.8 Å². The van der Waals surface area contributed by atoms with E-state index >= 15 is 0 Å². The zero-order valence-corrected chi connectivity index (χ0v) is 16.6. The molecule has 1 aliphatic rings. The summed E-state index contributed by atoms with van der Waals surface area (Å²) in [5.41, 5.74) is 3.26. The van der Waals surface area contributed by atoms with Gasteiger partial charge in [-0.1, -0.05) is 47.7 Å². The van der Waals surface area contributed by atoms with Gasteiger partial charge in [0.25, 0.3) is 5.91 Å². The average molecular weight is 390 g/mol. The van der Waals surface area contributed by atoms with Crippen LogP contribution in [0, 0.1) is 0 Å². The van der Waals surface area contributed by atoms with Crippen LogP contribution in [0.5, 0.6) is 0 Å². The minimum absolute atomic E-state index is 0.245. The van der Waals surface area contributed by atoms with Gasteiger partial charge in [-0.25, -0.2) is 4.68 Å². The third-order valence-corrected chi connectivity index (χ3v) is 5.25. The van der Waals surface area contributed by atoms with E-state index in [9.17, 15) is 4.79 Å². The summed E-state index contributed by atoms with van der Waals surface area (Å²) < 4.78 is 1.82. The van der Waals surface area contributed by atoms with Gasteiger partial charge in [-0.15, -0.1) is 5.10 Å². The highest BCUT2D eigenvalue weighted by atomic mass is 16.2. The number of rotatable bonds is 6. The highest BCUT2D eigenvalue weighted by Gasteiger charge is 2.19. The molecule has 1 aromatic heterocycles. The molecule has 1 amide bonds. The summed E-state index contributed by atoms with van der Waals surface area (Å²) in [6.45, 7) is 2.68. The van der Waals surface area contributed by atoms with E-state index in [4.69, 9.17) is 0 Å². The fourth-order valence-electron chi connectivity index (χ4n) is 3.67. The number of para-hydroxylation sites is 2. The van der Waals surface area contributed by atoms with Crippen molar-refractivity contribution in [3.63, 3.8) is 0 Å². The summed E-state index contributed by atoms with van der Waals surface area (Å²) in [4.78, 5) is 14.9. The lowest BCUT2D eigenvalue weighted by Gasteiger charge is -2.22. The van der Waals surface area contributed by atoms with Crippen LogP contribution in [0.3, 0.4) is 0 Å². The van der Waals surface area contributed by atoms with E-state index < -0.39 is 0 Å². The number of hydrogen-bond acceptors (Lipinski definition) is 5. The van der Waals surface area contributed by atoms with Crippen molar-refractivity contribution in [2.45, 2.75) is 25.4 Å². The zero-order valence-electron chi connectivity index (χ0n) is 16.6. The SMILES string of the molecule is CN(Cc1ccccc1)c1ccccc1NC(=O)c1cn(C2CCNCC2)nn1. The average Bonchev–Trinajstić information content (AvgIpc) is 3.26. The number of aromatic nitrogens is 3. The molecule has 4 rings (SSSR count). The number of nitrogens with zero attached hydrogens (tertiary/aromatic N) is 4. The molecule has 0 radical (unpaired) electrons. The van der Waals surface area contributed by atoms with Crippen molar-refractivity contribution in [1.82, 2.24) is 20.3 Å². The van der Waals surface area contributed by atoms with E-state index in [0.717, 1.165) is 43.9 Å². The van der Waals surface area contributed by atoms with Gasteiger partial charge >= 0.3 is 0 Å². The second kappa shape index (κ2) is 8.87. The van der Waals surface area contributed by atoms with E-state index in [-0.39, 0.29) is 5.91 Å². The van der Waals surface area contributed by atoms with E-state index in [1.165, 1.54) is 5.56 Å². The van der Waals surface area contributed by atoms with Crippen molar-refractivity contribution >= 4 is 17.3 Å². The predicted molar refractivity (Wildman–Crippen MR) is 114 cm³/mol. The van der Waals surface area contributed by atoms with Gasteiger partial charge in [-0.3, -0.25) is 4.79 Å². The number of piperidine rings is 1. The van der Waals surface area contributed by atoms with E-state index in [0.29, 0.717) is 11.7 Å². The van der Waals surface area contributed by atoms with Gasteiger partial charge in [0.15, 0.2) is 5.69 Å². The second-order valence-electron chi connectivity index (χ2n) is 7.38. The maximum atomic E-state index is 12.8. The number of carbonyl (C=O) groups is 1. The highest BCUT2D eigenvalue weighted by molar-refractivity contribution is 6.04. The van der Waals surface area contributed by atoms with E-state index in [1.807, 2.05) is 54.2 Å². The Bertz CT molecular complexity index is 949. The van der Waals surface area contributed by atoms with Crippen molar-refractivity contribution in [3.8, 4) is 0 Å². The highest BCUT2D eigenvalue weighted by Crippen LogP contribution is 2.26. The fourth-order valence-corrected chi connectivity index (χ4v) is 3.67. The summed E-state index contributed by atoms with van der Waals surface area (Å²) >= 11 is 0. The Labute approximate surface area is 170 Å². The summed E-state index contributed by atoms with van der Waals surface area (Å²) in [6.07, 6.45) is 3.75. The Morgan fingerprint density at radius 1 is 1.14 bits per heavy atom. The molecule has 1 saturated heterocycles. The summed E-state index contributed by atoms with van der Waals surface area (Å²) in [7, 11) is 2.02. The number of nitrogens with one attached hydrogen (secondary N) is 2.